The van der Waals surface area contributed by atoms with Gasteiger partial charge in [-0.15, -0.1) is 0 Å². The quantitative estimate of drug-likeness (QED) is 0.762. The van der Waals surface area contributed by atoms with Gasteiger partial charge in [0.15, 0.2) is 0 Å². The van der Waals surface area contributed by atoms with Gasteiger partial charge in [-0.2, -0.15) is 0 Å². The lowest BCUT2D eigenvalue weighted by Gasteiger charge is -2.27. The highest BCUT2D eigenvalue weighted by atomic mass is 16.5. The second-order valence-corrected chi connectivity index (χ2v) is 6.21. The third kappa shape index (κ3) is 5.53. The van der Waals surface area contributed by atoms with Crippen molar-refractivity contribution in [2.45, 2.75) is 39.7 Å². The van der Waals surface area contributed by atoms with Gasteiger partial charge in [0.2, 0.25) is 5.91 Å². The summed E-state index contributed by atoms with van der Waals surface area (Å²) in [6, 6.07) is 7.76. The molecule has 0 heterocycles. The molecule has 0 fully saturated rings. The smallest absolute Gasteiger partial charge is 0.244 e. The van der Waals surface area contributed by atoms with E-state index in [9.17, 15) is 9.90 Å². The highest BCUT2D eigenvalue weighted by Crippen LogP contribution is 2.20. The minimum absolute atomic E-state index is 0.0754. The first-order valence-electron chi connectivity index (χ1n) is 7.55. The van der Waals surface area contributed by atoms with Crippen LogP contribution in [0.5, 0.6) is 5.75 Å². The van der Waals surface area contributed by atoms with Crippen molar-refractivity contribution in [1.29, 1.82) is 0 Å². The summed E-state index contributed by atoms with van der Waals surface area (Å²) in [5.74, 6) is 0.707. The third-order valence-electron chi connectivity index (χ3n) is 3.90. The molecule has 22 heavy (non-hydrogen) atoms. The van der Waals surface area contributed by atoms with Crippen LogP contribution in [0.1, 0.15) is 33.3 Å². The number of rotatable bonds is 7. The number of hydrogen-bond acceptors (Lipinski definition) is 3. The molecule has 1 atom stereocenters. The van der Waals surface area contributed by atoms with Crippen LogP contribution < -0.4 is 10.1 Å². The fourth-order valence-corrected chi connectivity index (χ4v) is 1.95. The average molecular weight is 305 g/mol. The number of hydrogen-bond donors (Lipinski definition) is 2. The van der Waals surface area contributed by atoms with Crippen LogP contribution in [0.15, 0.2) is 35.9 Å². The molecule has 0 bridgehead atoms. The number of ether oxygens (including phenoxy) is 1. The summed E-state index contributed by atoms with van der Waals surface area (Å²) >= 11 is 0. The number of aliphatic hydroxyl groups is 1. The summed E-state index contributed by atoms with van der Waals surface area (Å²) in [5.41, 5.74) is 1.08. The van der Waals surface area contributed by atoms with Crippen LogP contribution in [0.25, 0.3) is 0 Å². The summed E-state index contributed by atoms with van der Waals surface area (Å²) in [4.78, 5) is 11.9. The maximum Gasteiger partial charge on any atom is 0.244 e. The molecule has 4 nitrogen and oxygen atoms in total. The number of allylic oxidation sites excluding steroid dienone is 1. The van der Waals surface area contributed by atoms with Gasteiger partial charge >= 0.3 is 0 Å². The van der Waals surface area contributed by atoms with E-state index in [1.807, 2.05) is 45.0 Å². The van der Waals surface area contributed by atoms with Gasteiger partial charge < -0.3 is 15.2 Å². The van der Waals surface area contributed by atoms with Crippen molar-refractivity contribution < 1.29 is 14.6 Å². The maximum absolute atomic E-state index is 11.9. The molecule has 0 aromatic heterocycles. The van der Waals surface area contributed by atoms with E-state index in [1.54, 1.807) is 20.1 Å². The predicted octanol–water partition coefficient (Wildman–Crippen LogP) is 2.71. The summed E-state index contributed by atoms with van der Waals surface area (Å²) < 4.78 is 5.31. The Labute approximate surface area is 133 Å². The van der Waals surface area contributed by atoms with Gasteiger partial charge in [0.25, 0.3) is 0 Å². The van der Waals surface area contributed by atoms with Gasteiger partial charge in [0.05, 0.1) is 12.7 Å². The number of carbonyl (C=O) groups is 1. The molecule has 0 aliphatic heterocycles. The number of amides is 1. The molecule has 122 valence electrons. The number of methoxy groups -OCH3 is 1. The monoisotopic (exact) mass is 305 g/mol. The zero-order valence-corrected chi connectivity index (χ0v) is 14.1. The summed E-state index contributed by atoms with van der Waals surface area (Å²) in [5, 5.41) is 12.9. The fourth-order valence-electron chi connectivity index (χ4n) is 1.95. The van der Waals surface area contributed by atoms with Crippen LogP contribution in [-0.2, 0) is 11.2 Å². The number of carbonyl (C=O) groups excluding carboxylic acids is 1. The molecule has 1 unspecified atom stereocenters. The van der Waals surface area contributed by atoms with E-state index in [0.717, 1.165) is 16.9 Å². The molecular weight excluding hydrogens is 278 g/mol. The molecular formula is C18H27NO3. The number of para-hydroxylation sites is 1. The molecule has 0 aliphatic carbocycles. The molecule has 4 heteroatoms. The van der Waals surface area contributed by atoms with Gasteiger partial charge in [0, 0.05) is 12.6 Å². The van der Waals surface area contributed by atoms with Crippen molar-refractivity contribution in [1.82, 2.24) is 5.32 Å². The maximum atomic E-state index is 11.9. The molecule has 1 aromatic rings. The minimum atomic E-state index is -0.903. The van der Waals surface area contributed by atoms with Crippen molar-refractivity contribution in [2.24, 2.45) is 5.92 Å². The van der Waals surface area contributed by atoms with Gasteiger partial charge in [0.1, 0.15) is 5.75 Å². The Morgan fingerprint density at radius 3 is 2.64 bits per heavy atom. The van der Waals surface area contributed by atoms with Gasteiger partial charge in [-0.25, -0.2) is 0 Å². The minimum Gasteiger partial charge on any atom is -0.496 e. The van der Waals surface area contributed by atoms with Crippen molar-refractivity contribution in [3.63, 3.8) is 0 Å². The zero-order chi connectivity index (χ0) is 16.8. The van der Waals surface area contributed by atoms with Crippen molar-refractivity contribution in [3.8, 4) is 5.75 Å². The first-order valence-corrected chi connectivity index (χ1v) is 7.55. The fraction of sp³-hybridized carbons (Fsp3) is 0.500. The van der Waals surface area contributed by atoms with Crippen LogP contribution >= 0.6 is 0 Å². The predicted molar refractivity (Wildman–Crippen MR) is 88.9 cm³/mol. The van der Waals surface area contributed by atoms with Gasteiger partial charge in [-0.3, -0.25) is 4.79 Å². The highest BCUT2D eigenvalue weighted by Gasteiger charge is 2.24. The normalized spacial score (nSPS) is 14.6. The second-order valence-electron chi connectivity index (χ2n) is 6.21. The van der Waals surface area contributed by atoms with Crippen LogP contribution in [0.4, 0.5) is 0 Å². The Morgan fingerprint density at radius 1 is 1.41 bits per heavy atom. The Morgan fingerprint density at radius 2 is 2.05 bits per heavy atom. The Bertz CT molecular complexity index is 533. The van der Waals surface area contributed by atoms with E-state index in [0.29, 0.717) is 6.42 Å². The van der Waals surface area contributed by atoms with E-state index >= 15 is 0 Å². The Balaban J connectivity index is 2.63. The average Bonchev–Trinajstić information content (AvgIpc) is 2.45. The second kappa shape index (κ2) is 7.99. The lowest BCUT2D eigenvalue weighted by Crippen LogP contribution is -2.43. The molecule has 0 saturated heterocycles. The largest absolute Gasteiger partial charge is 0.496 e. The van der Waals surface area contributed by atoms with Crippen LogP contribution in [0, 0.1) is 5.92 Å². The lowest BCUT2D eigenvalue weighted by atomic mass is 9.92. The highest BCUT2D eigenvalue weighted by molar-refractivity contribution is 5.88. The first kappa shape index (κ1) is 18.2. The molecule has 1 rings (SSSR count). The van der Waals surface area contributed by atoms with Crippen molar-refractivity contribution >= 4 is 5.91 Å². The lowest BCUT2D eigenvalue weighted by molar-refractivity contribution is -0.118. The summed E-state index contributed by atoms with van der Waals surface area (Å²) in [7, 11) is 1.64. The zero-order valence-electron chi connectivity index (χ0n) is 14.1. The van der Waals surface area contributed by atoms with Gasteiger partial charge in [-0.05, 0) is 37.8 Å². The summed E-state index contributed by atoms with van der Waals surface area (Å²) in [6.07, 6.45) is 2.22. The molecule has 0 spiro atoms. The Hall–Kier alpha value is -1.81. The SMILES string of the molecule is COc1ccccc1C/C(C)=C/C(=O)NCC(C)(O)C(C)C. The van der Waals surface area contributed by atoms with Gasteiger partial charge in [-0.1, -0.05) is 37.6 Å². The van der Waals surface area contributed by atoms with Crippen molar-refractivity contribution in [3.05, 3.63) is 41.5 Å². The van der Waals surface area contributed by atoms with Crippen LogP contribution in [-0.4, -0.2) is 30.3 Å². The summed E-state index contributed by atoms with van der Waals surface area (Å²) in [6.45, 7) is 7.72. The van der Waals surface area contributed by atoms with Crippen molar-refractivity contribution in [2.75, 3.05) is 13.7 Å². The molecule has 1 aromatic carbocycles. The standard InChI is InChI=1S/C18H27NO3/c1-13(2)18(4,21)12-19-17(20)11-14(3)10-15-8-6-7-9-16(15)22-5/h6-9,11,13,21H,10,12H2,1-5H3,(H,19,20)/b14-11+. The molecule has 1 amide bonds. The molecule has 0 radical (unpaired) electrons. The van der Waals surface area contributed by atoms with E-state index < -0.39 is 5.60 Å². The van der Waals surface area contributed by atoms with E-state index in [4.69, 9.17) is 4.74 Å². The number of nitrogens with one attached hydrogen (secondary N) is 1. The van der Waals surface area contributed by atoms with Crippen LogP contribution in [0.3, 0.4) is 0 Å². The topological polar surface area (TPSA) is 58.6 Å². The molecule has 2 N–H and O–H groups in total. The third-order valence-corrected chi connectivity index (χ3v) is 3.90. The number of benzene rings is 1. The van der Waals surface area contributed by atoms with E-state index in [2.05, 4.69) is 5.32 Å². The van der Waals surface area contributed by atoms with Crippen LogP contribution in [0.2, 0.25) is 0 Å². The Kier molecular flexibility index (Phi) is 6.62. The molecule has 0 saturated carbocycles. The van der Waals surface area contributed by atoms with E-state index in [1.165, 1.54) is 0 Å². The molecule has 0 aliphatic rings. The first-order chi connectivity index (χ1) is 10.3. The van der Waals surface area contributed by atoms with E-state index in [-0.39, 0.29) is 18.4 Å².